The molecule has 4 heteroatoms. The first-order valence-electron chi connectivity index (χ1n) is 2.88. The zero-order valence-electron chi connectivity index (χ0n) is 5.89. The van der Waals surface area contributed by atoms with Crippen molar-refractivity contribution < 1.29 is 18.7 Å². The summed E-state index contributed by atoms with van der Waals surface area (Å²) in [4.78, 5) is 20.7. The van der Waals surface area contributed by atoms with Crippen molar-refractivity contribution in [3.8, 4) is 0 Å². The van der Waals surface area contributed by atoms with Gasteiger partial charge in [0.2, 0.25) is 0 Å². The van der Waals surface area contributed by atoms with Crippen molar-refractivity contribution in [2.75, 3.05) is 7.11 Å². The SMILES string of the molecule is CCC(=O)[C@@H](F)C(=O)OC. The molecule has 0 N–H and O–H groups in total. The minimum Gasteiger partial charge on any atom is -0.467 e. The minimum atomic E-state index is -2.10. The summed E-state index contributed by atoms with van der Waals surface area (Å²) in [5.74, 6) is -1.86. The van der Waals surface area contributed by atoms with Gasteiger partial charge in [0.1, 0.15) is 0 Å². The summed E-state index contributed by atoms with van der Waals surface area (Å²) in [7, 11) is 1.04. The Kier molecular flexibility index (Phi) is 3.61. The first kappa shape index (κ1) is 9.07. The van der Waals surface area contributed by atoms with Crippen LogP contribution in [-0.4, -0.2) is 25.0 Å². The van der Waals surface area contributed by atoms with Gasteiger partial charge in [0.25, 0.3) is 6.17 Å². The summed E-state index contributed by atoms with van der Waals surface area (Å²) >= 11 is 0. The van der Waals surface area contributed by atoms with E-state index in [2.05, 4.69) is 4.74 Å². The third-order valence-corrected chi connectivity index (χ3v) is 1.04. The normalized spacial score (nSPS) is 12.3. The lowest BCUT2D eigenvalue weighted by Crippen LogP contribution is -2.25. The molecule has 0 heterocycles. The fourth-order valence-corrected chi connectivity index (χ4v) is 0.414. The number of ether oxygens (including phenoxy) is 1. The Bertz CT molecular complexity index is 128. The highest BCUT2D eigenvalue weighted by Gasteiger charge is 2.24. The van der Waals surface area contributed by atoms with E-state index in [1.54, 1.807) is 0 Å². The van der Waals surface area contributed by atoms with E-state index in [-0.39, 0.29) is 6.42 Å². The van der Waals surface area contributed by atoms with Crippen LogP contribution in [0.15, 0.2) is 0 Å². The van der Waals surface area contributed by atoms with Gasteiger partial charge in [0.05, 0.1) is 7.11 Å². The number of esters is 1. The van der Waals surface area contributed by atoms with Crippen LogP contribution in [0, 0.1) is 0 Å². The van der Waals surface area contributed by atoms with Gasteiger partial charge < -0.3 is 4.74 Å². The van der Waals surface area contributed by atoms with E-state index >= 15 is 0 Å². The fourth-order valence-electron chi connectivity index (χ4n) is 0.414. The molecule has 0 bridgehead atoms. The van der Waals surface area contributed by atoms with Crippen LogP contribution in [0.2, 0.25) is 0 Å². The van der Waals surface area contributed by atoms with Crippen molar-refractivity contribution in [3.05, 3.63) is 0 Å². The molecule has 0 aliphatic heterocycles. The lowest BCUT2D eigenvalue weighted by atomic mass is 10.2. The van der Waals surface area contributed by atoms with Crippen LogP contribution in [0.25, 0.3) is 0 Å². The van der Waals surface area contributed by atoms with Gasteiger partial charge in [0, 0.05) is 6.42 Å². The van der Waals surface area contributed by atoms with Gasteiger partial charge >= 0.3 is 5.97 Å². The maximum Gasteiger partial charge on any atom is 0.348 e. The van der Waals surface area contributed by atoms with Crippen LogP contribution in [0.3, 0.4) is 0 Å². The van der Waals surface area contributed by atoms with Crippen molar-refractivity contribution in [1.29, 1.82) is 0 Å². The van der Waals surface area contributed by atoms with Gasteiger partial charge in [-0.15, -0.1) is 0 Å². The first-order chi connectivity index (χ1) is 4.63. The molecule has 10 heavy (non-hydrogen) atoms. The van der Waals surface area contributed by atoms with Crippen molar-refractivity contribution >= 4 is 11.8 Å². The summed E-state index contributed by atoms with van der Waals surface area (Å²) in [5.41, 5.74) is 0. The second kappa shape index (κ2) is 3.98. The molecule has 0 saturated carbocycles. The van der Waals surface area contributed by atoms with Crippen molar-refractivity contribution in [3.63, 3.8) is 0 Å². The Morgan fingerprint density at radius 2 is 2.10 bits per heavy atom. The molecule has 0 saturated heterocycles. The van der Waals surface area contributed by atoms with Crippen molar-refractivity contribution in [2.24, 2.45) is 0 Å². The molecule has 0 unspecified atom stereocenters. The van der Waals surface area contributed by atoms with Crippen molar-refractivity contribution in [1.82, 2.24) is 0 Å². The molecule has 0 rings (SSSR count). The number of halogens is 1. The zero-order chi connectivity index (χ0) is 8.15. The van der Waals surface area contributed by atoms with Gasteiger partial charge in [-0.1, -0.05) is 6.92 Å². The van der Waals surface area contributed by atoms with Crippen LogP contribution in [0.4, 0.5) is 4.39 Å². The van der Waals surface area contributed by atoms with Crippen LogP contribution in [0.5, 0.6) is 0 Å². The molecule has 0 spiro atoms. The predicted molar refractivity (Wildman–Crippen MR) is 32.2 cm³/mol. The number of methoxy groups -OCH3 is 1. The number of hydrogen-bond acceptors (Lipinski definition) is 3. The molecular weight excluding hydrogens is 139 g/mol. The molecule has 1 atom stereocenters. The van der Waals surface area contributed by atoms with E-state index in [1.165, 1.54) is 6.92 Å². The maximum absolute atomic E-state index is 12.4. The van der Waals surface area contributed by atoms with E-state index < -0.39 is 17.9 Å². The molecule has 0 aromatic heterocycles. The van der Waals surface area contributed by atoms with Gasteiger partial charge in [-0.3, -0.25) is 4.79 Å². The summed E-state index contributed by atoms with van der Waals surface area (Å²) in [6.45, 7) is 1.48. The summed E-state index contributed by atoms with van der Waals surface area (Å²) in [6, 6.07) is 0. The fraction of sp³-hybridized carbons (Fsp3) is 0.667. The van der Waals surface area contributed by atoms with Crippen molar-refractivity contribution in [2.45, 2.75) is 19.5 Å². The van der Waals surface area contributed by atoms with Crippen LogP contribution >= 0.6 is 0 Å². The Morgan fingerprint density at radius 1 is 1.60 bits per heavy atom. The van der Waals surface area contributed by atoms with E-state index in [1.807, 2.05) is 0 Å². The highest BCUT2D eigenvalue weighted by molar-refractivity contribution is 6.01. The van der Waals surface area contributed by atoms with Crippen LogP contribution in [0.1, 0.15) is 13.3 Å². The summed E-state index contributed by atoms with van der Waals surface area (Å²) < 4.78 is 16.4. The number of alkyl halides is 1. The largest absolute Gasteiger partial charge is 0.467 e. The summed E-state index contributed by atoms with van der Waals surface area (Å²) in [6.07, 6.45) is -2.09. The van der Waals surface area contributed by atoms with Gasteiger partial charge in [-0.2, -0.15) is 0 Å². The molecule has 0 radical (unpaired) electrons. The molecule has 58 valence electrons. The number of hydrogen-bond donors (Lipinski definition) is 0. The third kappa shape index (κ3) is 2.13. The number of carbonyl (C=O) groups excluding carboxylic acids is 2. The Hall–Kier alpha value is -0.930. The van der Waals surface area contributed by atoms with E-state index in [0.29, 0.717) is 0 Å². The molecule has 0 aromatic rings. The highest BCUT2D eigenvalue weighted by atomic mass is 19.1. The monoisotopic (exact) mass is 148 g/mol. The smallest absolute Gasteiger partial charge is 0.348 e. The van der Waals surface area contributed by atoms with E-state index in [4.69, 9.17) is 0 Å². The highest BCUT2D eigenvalue weighted by Crippen LogP contribution is 1.98. The summed E-state index contributed by atoms with van der Waals surface area (Å²) in [5, 5.41) is 0. The lowest BCUT2D eigenvalue weighted by Gasteiger charge is -2.01. The van der Waals surface area contributed by atoms with E-state index in [0.717, 1.165) is 7.11 Å². The Labute approximate surface area is 58.2 Å². The number of carbonyl (C=O) groups is 2. The number of rotatable bonds is 3. The minimum absolute atomic E-state index is 0.0102. The zero-order valence-corrected chi connectivity index (χ0v) is 5.89. The predicted octanol–water partition coefficient (Wildman–Crippen LogP) is 0.477. The first-order valence-corrected chi connectivity index (χ1v) is 2.88. The average molecular weight is 148 g/mol. The molecule has 0 amide bonds. The maximum atomic E-state index is 12.4. The second-order valence-corrected chi connectivity index (χ2v) is 1.71. The molecule has 0 fully saturated rings. The van der Waals surface area contributed by atoms with E-state index in [9.17, 15) is 14.0 Å². The van der Waals surface area contributed by atoms with Gasteiger partial charge in [-0.25, -0.2) is 9.18 Å². The average Bonchev–Trinajstić information content (AvgIpc) is 2.00. The third-order valence-electron chi connectivity index (χ3n) is 1.04. The Balaban J connectivity index is 3.94. The number of ketones is 1. The topological polar surface area (TPSA) is 43.4 Å². The quantitative estimate of drug-likeness (QED) is 0.431. The number of Topliss-reactive ketones (excluding diaryl/α,β-unsaturated/α-hetero) is 1. The molecule has 0 aliphatic rings. The second-order valence-electron chi connectivity index (χ2n) is 1.71. The molecule has 0 aromatic carbocycles. The van der Waals surface area contributed by atoms with Gasteiger partial charge in [-0.05, 0) is 0 Å². The Morgan fingerprint density at radius 3 is 2.40 bits per heavy atom. The molecular formula is C6H9FO3. The van der Waals surface area contributed by atoms with Crippen LogP contribution < -0.4 is 0 Å². The van der Waals surface area contributed by atoms with Gasteiger partial charge in [0.15, 0.2) is 5.78 Å². The molecule has 0 aliphatic carbocycles. The van der Waals surface area contributed by atoms with Crippen LogP contribution in [-0.2, 0) is 14.3 Å². The molecule has 3 nitrogen and oxygen atoms in total. The lowest BCUT2D eigenvalue weighted by molar-refractivity contribution is -0.150. The standard InChI is InChI=1S/C6H9FO3/c1-3-4(8)5(7)6(9)10-2/h5H,3H2,1-2H3/t5-/m1/s1.